The Balaban J connectivity index is 1.86. The van der Waals surface area contributed by atoms with Gasteiger partial charge in [0.15, 0.2) is 5.43 Å². The van der Waals surface area contributed by atoms with Crippen molar-refractivity contribution in [2.75, 3.05) is 13.6 Å². The lowest BCUT2D eigenvalue weighted by Crippen LogP contribution is -3.08. The first-order chi connectivity index (χ1) is 12.5. The van der Waals surface area contributed by atoms with E-state index in [4.69, 9.17) is 0 Å². The number of benzene rings is 1. The van der Waals surface area contributed by atoms with Crippen LogP contribution in [0.1, 0.15) is 27.2 Å². The molecule has 1 unspecified atom stereocenters. The number of hydrogen-bond acceptors (Lipinski definition) is 4. The van der Waals surface area contributed by atoms with Gasteiger partial charge >= 0.3 is 0 Å². The van der Waals surface area contributed by atoms with Crippen LogP contribution in [0.2, 0.25) is 0 Å². The Bertz CT molecular complexity index is 996. The number of nitrogens with zero attached hydrogens (tertiary/aromatic N) is 1. The van der Waals surface area contributed by atoms with E-state index in [0.29, 0.717) is 28.7 Å². The van der Waals surface area contributed by atoms with Gasteiger partial charge in [0.25, 0.3) is 0 Å². The standard InChI is InChI=1S/C20H21N3O3/c1-13-17(12-23(2)11-8-14-6-9-21-10-7-14)19(24)15-4-3-5-16(20(25)26)18(15)22-13/h3-7,9-10H,8,11-12H2,1-2H3,(H,22,24)(H,25,26). The maximum absolute atomic E-state index is 12.9. The largest absolute Gasteiger partial charge is 0.545 e. The molecule has 0 radical (unpaired) electrons. The molecule has 0 fully saturated rings. The molecule has 0 aliphatic carbocycles. The molecule has 1 aromatic carbocycles. The summed E-state index contributed by atoms with van der Waals surface area (Å²) in [6.45, 7) is 3.25. The molecule has 26 heavy (non-hydrogen) atoms. The average molecular weight is 351 g/mol. The third kappa shape index (κ3) is 3.65. The van der Waals surface area contributed by atoms with Crippen molar-refractivity contribution >= 4 is 16.9 Å². The van der Waals surface area contributed by atoms with Gasteiger partial charge in [-0.3, -0.25) is 9.78 Å². The molecule has 3 aromatic rings. The molecule has 134 valence electrons. The molecule has 0 amide bonds. The fraction of sp³-hybridized carbons (Fsp3) is 0.250. The van der Waals surface area contributed by atoms with Gasteiger partial charge < -0.3 is 19.8 Å². The monoisotopic (exact) mass is 351 g/mol. The van der Waals surface area contributed by atoms with Gasteiger partial charge in [0.1, 0.15) is 6.54 Å². The Hall–Kier alpha value is -2.99. The number of hydrogen-bond donors (Lipinski definition) is 2. The second kappa shape index (κ2) is 7.49. The summed E-state index contributed by atoms with van der Waals surface area (Å²) in [7, 11) is 2.04. The number of nitrogens with one attached hydrogen (secondary N) is 2. The van der Waals surface area contributed by atoms with E-state index in [1.807, 2.05) is 19.2 Å². The molecule has 0 bridgehead atoms. The summed E-state index contributed by atoms with van der Waals surface area (Å²) >= 11 is 0. The van der Waals surface area contributed by atoms with Crippen molar-refractivity contribution in [2.24, 2.45) is 0 Å². The molecule has 0 saturated heterocycles. The molecular weight excluding hydrogens is 330 g/mol. The highest BCUT2D eigenvalue weighted by Crippen LogP contribution is 2.15. The number of para-hydroxylation sites is 1. The van der Waals surface area contributed by atoms with Gasteiger partial charge in [0.2, 0.25) is 0 Å². The van der Waals surface area contributed by atoms with Gasteiger partial charge in [-0.15, -0.1) is 0 Å². The van der Waals surface area contributed by atoms with Crippen molar-refractivity contribution < 1.29 is 14.8 Å². The molecule has 6 nitrogen and oxygen atoms in total. The lowest BCUT2D eigenvalue weighted by molar-refractivity contribution is -0.893. The average Bonchev–Trinajstić information content (AvgIpc) is 2.63. The number of pyridine rings is 2. The summed E-state index contributed by atoms with van der Waals surface area (Å²) in [4.78, 5) is 32.5. The Morgan fingerprint density at radius 3 is 2.65 bits per heavy atom. The fourth-order valence-electron chi connectivity index (χ4n) is 3.15. The van der Waals surface area contributed by atoms with Crippen LogP contribution in [0.5, 0.6) is 0 Å². The molecule has 0 aliphatic heterocycles. The number of likely N-dealkylation sites (N-methyl/N-ethyl adjacent to an activating group) is 1. The van der Waals surface area contributed by atoms with E-state index in [9.17, 15) is 14.7 Å². The molecule has 0 aliphatic rings. The Morgan fingerprint density at radius 2 is 1.96 bits per heavy atom. The maximum Gasteiger partial charge on any atom is 0.198 e. The minimum absolute atomic E-state index is 0.00707. The van der Waals surface area contributed by atoms with E-state index >= 15 is 0 Å². The van der Waals surface area contributed by atoms with Crippen LogP contribution >= 0.6 is 0 Å². The molecule has 3 rings (SSSR count). The third-order valence-electron chi connectivity index (χ3n) is 4.64. The van der Waals surface area contributed by atoms with E-state index < -0.39 is 5.97 Å². The number of aryl methyl sites for hydroxylation is 1. The lowest BCUT2D eigenvalue weighted by Gasteiger charge is -2.16. The number of rotatable bonds is 6. The number of quaternary nitrogens is 1. The van der Waals surface area contributed by atoms with Gasteiger partial charge in [-0.2, -0.15) is 0 Å². The van der Waals surface area contributed by atoms with Gasteiger partial charge in [-0.1, -0.05) is 12.1 Å². The first kappa shape index (κ1) is 17.8. The van der Waals surface area contributed by atoms with Gasteiger partial charge in [0.05, 0.1) is 30.6 Å². The zero-order valence-corrected chi connectivity index (χ0v) is 14.8. The predicted molar refractivity (Wildman–Crippen MR) is 97.0 cm³/mol. The molecule has 1 atom stereocenters. The third-order valence-corrected chi connectivity index (χ3v) is 4.64. The summed E-state index contributed by atoms with van der Waals surface area (Å²) in [5.41, 5.74) is 2.80. The normalized spacial score (nSPS) is 12.2. The summed E-state index contributed by atoms with van der Waals surface area (Å²) in [6.07, 6.45) is 4.45. The van der Waals surface area contributed by atoms with Crippen molar-refractivity contribution in [3.63, 3.8) is 0 Å². The number of carboxylic acid groups (broad SMARTS) is 1. The first-order valence-corrected chi connectivity index (χ1v) is 8.53. The number of aromatic carboxylic acids is 1. The van der Waals surface area contributed by atoms with Crippen molar-refractivity contribution in [3.8, 4) is 0 Å². The Morgan fingerprint density at radius 1 is 1.23 bits per heavy atom. The van der Waals surface area contributed by atoms with Gasteiger partial charge in [0, 0.05) is 35.5 Å². The van der Waals surface area contributed by atoms with Crippen LogP contribution in [-0.4, -0.2) is 29.5 Å². The SMILES string of the molecule is Cc1[nH]c2c(C(=O)[O-])cccc2c(=O)c1C[NH+](C)CCc1ccncc1. The molecule has 6 heteroatoms. The predicted octanol–water partition coefficient (Wildman–Crippen LogP) is -0.148. The van der Waals surface area contributed by atoms with Crippen LogP contribution in [0, 0.1) is 6.92 Å². The molecule has 0 spiro atoms. The number of carboxylic acids is 1. The highest BCUT2D eigenvalue weighted by Gasteiger charge is 2.15. The molecular formula is C20H21N3O3. The smallest absolute Gasteiger partial charge is 0.198 e. The van der Waals surface area contributed by atoms with Gasteiger partial charge in [-0.05, 0) is 30.7 Å². The van der Waals surface area contributed by atoms with Gasteiger partial charge in [-0.25, -0.2) is 0 Å². The summed E-state index contributed by atoms with van der Waals surface area (Å²) in [5, 5.41) is 11.7. The van der Waals surface area contributed by atoms with E-state index in [1.54, 1.807) is 31.5 Å². The quantitative estimate of drug-likeness (QED) is 0.646. The van der Waals surface area contributed by atoms with Crippen molar-refractivity contribution in [2.45, 2.75) is 19.9 Å². The van der Waals surface area contributed by atoms with Crippen molar-refractivity contribution in [1.82, 2.24) is 9.97 Å². The van der Waals surface area contributed by atoms with E-state index in [0.717, 1.165) is 13.0 Å². The Labute approximate surface area is 151 Å². The molecule has 2 aromatic heterocycles. The van der Waals surface area contributed by atoms with Crippen LogP contribution in [0.4, 0.5) is 0 Å². The van der Waals surface area contributed by atoms with Crippen LogP contribution in [0.25, 0.3) is 10.9 Å². The number of fused-ring (bicyclic) bond motifs is 1. The molecule has 0 saturated carbocycles. The minimum Gasteiger partial charge on any atom is -0.545 e. The first-order valence-electron chi connectivity index (χ1n) is 8.53. The van der Waals surface area contributed by atoms with E-state index in [1.165, 1.54) is 16.5 Å². The number of aromatic amines is 1. The highest BCUT2D eigenvalue weighted by atomic mass is 16.4. The molecule has 2 heterocycles. The number of aromatic nitrogens is 2. The van der Waals surface area contributed by atoms with E-state index in [2.05, 4.69) is 9.97 Å². The number of carbonyl (C=O) groups excluding carboxylic acids is 1. The second-order valence-electron chi connectivity index (χ2n) is 6.56. The zero-order chi connectivity index (χ0) is 18.7. The van der Waals surface area contributed by atoms with Crippen molar-refractivity contribution in [1.29, 1.82) is 0 Å². The summed E-state index contributed by atoms with van der Waals surface area (Å²) < 4.78 is 0. The summed E-state index contributed by atoms with van der Waals surface area (Å²) in [6, 6.07) is 8.64. The molecule has 2 N–H and O–H groups in total. The van der Waals surface area contributed by atoms with Crippen LogP contribution in [-0.2, 0) is 13.0 Å². The number of carbonyl (C=O) groups is 1. The lowest BCUT2D eigenvalue weighted by atomic mass is 10.0. The fourth-order valence-corrected chi connectivity index (χ4v) is 3.15. The Kier molecular flexibility index (Phi) is 5.14. The van der Waals surface area contributed by atoms with Crippen LogP contribution in [0.15, 0.2) is 47.5 Å². The number of H-pyrrole nitrogens is 1. The van der Waals surface area contributed by atoms with Crippen molar-refractivity contribution in [3.05, 3.63) is 75.3 Å². The summed E-state index contributed by atoms with van der Waals surface area (Å²) in [5.74, 6) is -1.29. The zero-order valence-electron chi connectivity index (χ0n) is 14.8. The van der Waals surface area contributed by atoms with Crippen LogP contribution in [0.3, 0.4) is 0 Å². The highest BCUT2D eigenvalue weighted by molar-refractivity contribution is 6.00. The topological polar surface area (TPSA) is 90.3 Å². The van der Waals surface area contributed by atoms with Crippen LogP contribution < -0.4 is 15.4 Å². The second-order valence-corrected chi connectivity index (χ2v) is 6.56. The minimum atomic E-state index is -1.29. The van der Waals surface area contributed by atoms with E-state index in [-0.39, 0.29) is 11.0 Å². The maximum atomic E-state index is 12.9.